The molecule has 0 bridgehead atoms. The fraction of sp³-hybridized carbons (Fsp3) is 0.600. The maximum atomic E-state index is 12.6. The lowest BCUT2D eigenvalue weighted by molar-refractivity contribution is 0.0636. The molecule has 1 aliphatic heterocycles. The van der Waals surface area contributed by atoms with Crippen molar-refractivity contribution in [2.45, 2.75) is 59.0 Å². The SMILES string of the molecule is CC(C)(C)NC(=O)OCCN(CCCN1C(=O)c2ccccc2C1=O)CCOC(=O)NC(C)(C)C. The van der Waals surface area contributed by atoms with Gasteiger partial charge in [0.05, 0.1) is 11.1 Å². The van der Waals surface area contributed by atoms with Crippen LogP contribution in [0.2, 0.25) is 0 Å². The summed E-state index contributed by atoms with van der Waals surface area (Å²) in [5.41, 5.74) is 0.0335. The number of imide groups is 1. The van der Waals surface area contributed by atoms with Gasteiger partial charge in [-0.3, -0.25) is 19.4 Å². The zero-order chi connectivity index (χ0) is 26.2. The molecule has 0 aromatic heterocycles. The third kappa shape index (κ3) is 9.56. The Labute approximate surface area is 207 Å². The van der Waals surface area contributed by atoms with Crippen molar-refractivity contribution in [3.63, 3.8) is 0 Å². The molecule has 194 valence electrons. The van der Waals surface area contributed by atoms with Gasteiger partial charge in [0.25, 0.3) is 11.8 Å². The Kier molecular flexibility index (Phi) is 9.64. The zero-order valence-corrected chi connectivity index (χ0v) is 21.6. The number of alkyl carbamates (subject to hydrolysis) is 2. The topological polar surface area (TPSA) is 117 Å². The van der Waals surface area contributed by atoms with Crippen LogP contribution in [0.25, 0.3) is 0 Å². The van der Waals surface area contributed by atoms with E-state index in [-0.39, 0.29) is 31.6 Å². The van der Waals surface area contributed by atoms with E-state index >= 15 is 0 Å². The molecule has 0 saturated carbocycles. The monoisotopic (exact) mass is 490 g/mol. The molecule has 10 heteroatoms. The number of hydrogen-bond donors (Lipinski definition) is 2. The van der Waals surface area contributed by atoms with Crippen molar-refractivity contribution >= 4 is 24.0 Å². The second kappa shape index (κ2) is 12.0. The van der Waals surface area contributed by atoms with E-state index in [0.29, 0.717) is 37.2 Å². The second-order valence-electron chi connectivity index (χ2n) is 10.5. The van der Waals surface area contributed by atoms with Gasteiger partial charge >= 0.3 is 12.2 Å². The summed E-state index contributed by atoms with van der Waals surface area (Å²) < 4.78 is 10.5. The van der Waals surface area contributed by atoms with E-state index in [0.717, 1.165) is 0 Å². The predicted molar refractivity (Wildman–Crippen MR) is 131 cm³/mol. The van der Waals surface area contributed by atoms with Crippen molar-refractivity contribution < 1.29 is 28.7 Å². The number of amides is 4. The van der Waals surface area contributed by atoms with E-state index in [9.17, 15) is 19.2 Å². The Morgan fingerprint density at radius 3 is 1.63 bits per heavy atom. The van der Waals surface area contributed by atoms with Gasteiger partial charge in [0.15, 0.2) is 0 Å². The molecule has 0 atom stereocenters. The van der Waals surface area contributed by atoms with Crippen LogP contribution in [0.15, 0.2) is 24.3 Å². The number of nitrogens with one attached hydrogen (secondary N) is 2. The third-order valence-electron chi connectivity index (χ3n) is 4.97. The highest BCUT2D eigenvalue weighted by molar-refractivity contribution is 6.21. The van der Waals surface area contributed by atoms with Gasteiger partial charge in [0, 0.05) is 37.3 Å². The average molecular weight is 491 g/mol. The number of nitrogens with zero attached hydrogens (tertiary/aromatic N) is 2. The molecule has 4 amide bonds. The summed E-state index contributed by atoms with van der Waals surface area (Å²) in [5, 5.41) is 5.46. The van der Waals surface area contributed by atoms with E-state index < -0.39 is 23.3 Å². The van der Waals surface area contributed by atoms with E-state index in [1.54, 1.807) is 24.3 Å². The van der Waals surface area contributed by atoms with E-state index in [1.807, 2.05) is 46.4 Å². The number of ether oxygens (including phenoxy) is 2. The normalized spacial score (nSPS) is 13.6. The van der Waals surface area contributed by atoms with Crippen LogP contribution in [-0.4, -0.2) is 84.3 Å². The highest BCUT2D eigenvalue weighted by Gasteiger charge is 2.34. The lowest BCUT2D eigenvalue weighted by Gasteiger charge is -2.25. The minimum Gasteiger partial charge on any atom is -0.448 e. The molecule has 1 aromatic carbocycles. The van der Waals surface area contributed by atoms with Gasteiger partial charge in [-0.1, -0.05) is 12.1 Å². The molecule has 0 saturated heterocycles. The van der Waals surface area contributed by atoms with Gasteiger partial charge < -0.3 is 20.1 Å². The molecular formula is C25H38N4O6. The maximum absolute atomic E-state index is 12.6. The number of hydrogen-bond acceptors (Lipinski definition) is 7. The minimum absolute atomic E-state index is 0.142. The molecule has 2 N–H and O–H groups in total. The molecule has 1 heterocycles. The van der Waals surface area contributed by atoms with Crippen LogP contribution < -0.4 is 10.6 Å². The number of rotatable bonds is 10. The van der Waals surface area contributed by atoms with Crippen molar-refractivity contribution in [1.82, 2.24) is 20.4 Å². The smallest absolute Gasteiger partial charge is 0.407 e. The lowest BCUT2D eigenvalue weighted by atomic mass is 10.1. The minimum atomic E-state index is -0.510. The fourth-order valence-corrected chi connectivity index (χ4v) is 3.45. The summed E-state index contributed by atoms with van der Waals surface area (Å²) >= 11 is 0. The van der Waals surface area contributed by atoms with Crippen molar-refractivity contribution in [3.8, 4) is 0 Å². The lowest BCUT2D eigenvalue weighted by Crippen LogP contribution is -2.43. The van der Waals surface area contributed by atoms with Crippen molar-refractivity contribution in [3.05, 3.63) is 35.4 Å². The molecule has 0 aliphatic carbocycles. The average Bonchev–Trinajstić information content (AvgIpc) is 2.96. The largest absolute Gasteiger partial charge is 0.448 e. The highest BCUT2D eigenvalue weighted by atomic mass is 16.6. The number of fused-ring (bicyclic) bond motifs is 1. The van der Waals surface area contributed by atoms with Crippen LogP contribution in [0, 0.1) is 0 Å². The van der Waals surface area contributed by atoms with E-state index in [2.05, 4.69) is 10.6 Å². The number of carbonyl (C=O) groups is 4. The Hall–Kier alpha value is -3.14. The summed E-state index contributed by atoms with van der Waals surface area (Å²) in [6.45, 7) is 13.0. The Morgan fingerprint density at radius 2 is 1.23 bits per heavy atom. The predicted octanol–water partition coefficient (Wildman–Crippen LogP) is 3.02. The van der Waals surface area contributed by atoms with Gasteiger partial charge in [-0.2, -0.15) is 0 Å². The first-order valence-electron chi connectivity index (χ1n) is 11.8. The van der Waals surface area contributed by atoms with Crippen molar-refractivity contribution in [2.75, 3.05) is 39.4 Å². The first-order valence-corrected chi connectivity index (χ1v) is 11.8. The Bertz CT molecular complexity index is 850. The van der Waals surface area contributed by atoms with Crippen LogP contribution in [0.5, 0.6) is 0 Å². The molecule has 1 aliphatic rings. The molecule has 10 nitrogen and oxygen atoms in total. The van der Waals surface area contributed by atoms with Gasteiger partial charge in [0.2, 0.25) is 0 Å². The van der Waals surface area contributed by atoms with Crippen LogP contribution in [0.1, 0.15) is 68.7 Å². The van der Waals surface area contributed by atoms with E-state index in [1.165, 1.54) is 4.90 Å². The number of benzene rings is 1. The van der Waals surface area contributed by atoms with Gasteiger partial charge in [0.1, 0.15) is 13.2 Å². The fourth-order valence-electron chi connectivity index (χ4n) is 3.45. The van der Waals surface area contributed by atoms with Crippen molar-refractivity contribution in [1.29, 1.82) is 0 Å². The first-order chi connectivity index (χ1) is 16.3. The standard InChI is InChI=1S/C25H38N4O6/c1-24(2,3)26-22(32)34-16-14-28(15-17-35-23(33)27-25(4,5)6)12-9-13-29-20(30)18-10-7-8-11-19(18)21(29)31/h7-8,10-11H,9,12-17H2,1-6H3,(H,26,32)(H,27,33). The number of carbonyl (C=O) groups excluding carboxylic acids is 4. The summed E-state index contributed by atoms with van der Waals surface area (Å²) in [7, 11) is 0. The Balaban J connectivity index is 1.87. The molecular weight excluding hydrogens is 452 g/mol. The van der Waals surface area contributed by atoms with Crippen molar-refractivity contribution in [2.24, 2.45) is 0 Å². The molecule has 0 radical (unpaired) electrons. The Morgan fingerprint density at radius 1 is 0.800 bits per heavy atom. The second-order valence-corrected chi connectivity index (χ2v) is 10.5. The zero-order valence-electron chi connectivity index (χ0n) is 21.6. The summed E-state index contributed by atoms with van der Waals surface area (Å²) in [6.07, 6.45) is -0.498. The van der Waals surface area contributed by atoms with Gasteiger partial charge in [-0.25, -0.2) is 9.59 Å². The maximum Gasteiger partial charge on any atom is 0.407 e. The molecule has 2 rings (SSSR count). The summed E-state index contributed by atoms with van der Waals surface area (Å²) in [6, 6.07) is 6.78. The van der Waals surface area contributed by atoms with Crippen LogP contribution >= 0.6 is 0 Å². The van der Waals surface area contributed by atoms with Gasteiger partial charge in [-0.15, -0.1) is 0 Å². The van der Waals surface area contributed by atoms with Crippen LogP contribution in [0.4, 0.5) is 9.59 Å². The molecule has 35 heavy (non-hydrogen) atoms. The molecule has 0 fully saturated rings. The summed E-state index contributed by atoms with van der Waals surface area (Å²) in [4.78, 5) is 52.2. The van der Waals surface area contributed by atoms with E-state index in [4.69, 9.17) is 9.47 Å². The van der Waals surface area contributed by atoms with Crippen LogP contribution in [-0.2, 0) is 9.47 Å². The third-order valence-corrected chi connectivity index (χ3v) is 4.97. The first kappa shape index (κ1) is 28.1. The van der Waals surface area contributed by atoms with Crippen LogP contribution in [0.3, 0.4) is 0 Å². The van der Waals surface area contributed by atoms with Gasteiger partial charge in [-0.05, 0) is 60.1 Å². The highest BCUT2D eigenvalue weighted by Crippen LogP contribution is 2.22. The molecule has 1 aromatic rings. The quantitative estimate of drug-likeness (QED) is 0.484. The summed E-state index contributed by atoms with van der Waals surface area (Å²) in [5.74, 6) is -0.581. The molecule has 0 unspecified atom stereocenters. The molecule has 0 spiro atoms.